The van der Waals surface area contributed by atoms with Crippen LogP contribution in [0, 0.1) is 0 Å². The van der Waals surface area contributed by atoms with E-state index in [1.807, 2.05) is 6.92 Å². The van der Waals surface area contributed by atoms with E-state index in [9.17, 15) is 23.4 Å². The number of nitrogens with one attached hydrogen (secondary N) is 1. The van der Waals surface area contributed by atoms with Gasteiger partial charge in [0.2, 0.25) is 0 Å². The lowest BCUT2D eigenvalue weighted by Crippen LogP contribution is -2.24. The molecule has 0 aliphatic carbocycles. The molecule has 0 aliphatic rings. The van der Waals surface area contributed by atoms with Crippen molar-refractivity contribution in [1.29, 1.82) is 0 Å². The van der Waals surface area contributed by atoms with Gasteiger partial charge in [-0.15, -0.1) is 11.8 Å². The summed E-state index contributed by atoms with van der Waals surface area (Å²) in [5.74, 6) is -1.23. The summed E-state index contributed by atoms with van der Waals surface area (Å²) in [7, 11) is -3.92. The second-order valence-corrected chi connectivity index (χ2v) is 8.69. The SMILES string of the molecule is CCOc1ccc(S(=O)(=O)Nc2cc(SCC(=O)[O-])c(O)c3ccccc23)cc1. The molecule has 2 N–H and O–H groups in total. The fourth-order valence-electron chi connectivity index (χ4n) is 2.75. The molecule has 3 aromatic rings. The number of anilines is 1. The Kier molecular flexibility index (Phi) is 6.19. The molecule has 0 atom stereocenters. The van der Waals surface area contributed by atoms with Gasteiger partial charge in [-0.05, 0) is 37.3 Å². The number of carbonyl (C=O) groups excluding carboxylic acids is 1. The van der Waals surface area contributed by atoms with E-state index < -0.39 is 16.0 Å². The van der Waals surface area contributed by atoms with Crippen LogP contribution < -0.4 is 14.6 Å². The number of thioether (sulfide) groups is 1. The lowest BCUT2D eigenvalue weighted by molar-refractivity contribution is -0.301. The smallest absolute Gasteiger partial charge is 0.261 e. The number of hydrogen-bond donors (Lipinski definition) is 2. The number of ether oxygens (including phenoxy) is 1. The lowest BCUT2D eigenvalue weighted by Gasteiger charge is -2.15. The van der Waals surface area contributed by atoms with Gasteiger partial charge >= 0.3 is 0 Å². The fraction of sp³-hybridized carbons (Fsp3) is 0.150. The molecule has 0 radical (unpaired) electrons. The number of carboxylic acids is 1. The second-order valence-electron chi connectivity index (χ2n) is 5.99. The molecule has 0 saturated carbocycles. The van der Waals surface area contributed by atoms with Crippen LogP contribution in [0.4, 0.5) is 5.69 Å². The summed E-state index contributed by atoms with van der Waals surface area (Å²) in [6, 6.07) is 14.1. The number of phenols is 1. The highest BCUT2D eigenvalue weighted by Gasteiger charge is 2.18. The zero-order chi connectivity index (χ0) is 21.0. The Hall–Kier alpha value is -2.91. The number of phenolic OH excluding ortho intramolecular Hbond substituents is 1. The predicted octanol–water partition coefficient (Wildman–Crippen LogP) is 2.59. The van der Waals surface area contributed by atoms with E-state index in [-0.39, 0.29) is 27.0 Å². The van der Waals surface area contributed by atoms with Gasteiger partial charge in [-0.1, -0.05) is 24.3 Å². The first-order valence-electron chi connectivity index (χ1n) is 8.65. The van der Waals surface area contributed by atoms with Gasteiger partial charge in [0.15, 0.2) is 0 Å². The molecular weight excluding hydrogens is 414 g/mol. The van der Waals surface area contributed by atoms with E-state index in [0.717, 1.165) is 11.8 Å². The quantitative estimate of drug-likeness (QED) is 0.415. The number of rotatable bonds is 8. The minimum absolute atomic E-state index is 0.0436. The van der Waals surface area contributed by atoms with Crippen molar-refractivity contribution < 1.29 is 28.2 Å². The van der Waals surface area contributed by atoms with Gasteiger partial charge in [-0.25, -0.2) is 8.42 Å². The van der Waals surface area contributed by atoms with Crippen LogP contribution >= 0.6 is 11.8 Å². The van der Waals surface area contributed by atoms with Crippen LogP contribution in [0.25, 0.3) is 10.8 Å². The largest absolute Gasteiger partial charge is 0.549 e. The third-order valence-corrected chi connectivity index (χ3v) is 6.40. The third kappa shape index (κ3) is 4.75. The Labute approximate surface area is 172 Å². The molecule has 0 fully saturated rings. The average Bonchev–Trinajstić information content (AvgIpc) is 2.69. The van der Waals surface area contributed by atoms with E-state index >= 15 is 0 Å². The molecule has 3 rings (SSSR count). The van der Waals surface area contributed by atoms with E-state index in [2.05, 4.69) is 4.72 Å². The number of carbonyl (C=O) groups is 1. The number of carboxylic acid groups (broad SMARTS) is 1. The van der Waals surface area contributed by atoms with Crippen LogP contribution in [-0.4, -0.2) is 31.9 Å². The summed E-state index contributed by atoms with van der Waals surface area (Å²) in [6.07, 6.45) is 0. The van der Waals surface area contributed by atoms with Crippen molar-refractivity contribution in [2.75, 3.05) is 17.1 Å². The molecule has 0 heterocycles. The Morgan fingerprint density at radius 2 is 1.79 bits per heavy atom. The highest BCUT2D eigenvalue weighted by molar-refractivity contribution is 8.00. The fourth-order valence-corrected chi connectivity index (χ4v) is 4.54. The highest BCUT2D eigenvalue weighted by atomic mass is 32.2. The lowest BCUT2D eigenvalue weighted by atomic mass is 10.1. The van der Waals surface area contributed by atoms with Crippen molar-refractivity contribution in [2.24, 2.45) is 0 Å². The maximum absolute atomic E-state index is 12.9. The Bertz CT molecular complexity index is 1140. The molecule has 7 nitrogen and oxygen atoms in total. The maximum Gasteiger partial charge on any atom is 0.261 e. The summed E-state index contributed by atoms with van der Waals surface area (Å²) in [4.78, 5) is 11.1. The summed E-state index contributed by atoms with van der Waals surface area (Å²) in [6.45, 7) is 2.30. The van der Waals surface area contributed by atoms with Gasteiger partial charge in [0, 0.05) is 16.5 Å². The number of sulfonamides is 1. The molecule has 0 bridgehead atoms. The van der Waals surface area contributed by atoms with Crippen LogP contribution in [0.15, 0.2) is 64.4 Å². The van der Waals surface area contributed by atoms with E-state index in [0.29, 0.717) is 23.1 Å². The maximum atomic E-state index is 12.9. The van der Waals surface area contributed by atoms with Gasteiger partial charge < -0.3 is 19.7 Å². The first kappa shape index (κ1) is 20.8. The van der Waals surface area contributed by atoms with Crippen LogP contribution in [0.5, 0.6) is 11.5 Å². The normalized spacial score (nSPS) is 11.3. The average molecular weight is 432 g/mol. The number of benzene rings is 3. The standard InChI is InChI=1S/C20H19NO6S2/c1-2-27-13-7-9-14(10-8-13)29(25,26)21-17-11-18(28-12-19(22)23)20(24)16-6-4-3-5-15(16)17/h3-11,21,24H,2,12H2,1H3,(H,22,23)/p-1. The van der Waals surface area contributed by atoms with Gasteiger partial charge in [-0.3, -0.25) is 4.72 Å². The van der Waals surface area contributed by atoms with E-state index in [4.69, 9.17) is 4.74 Å². The van der Waals surface area contributed by atoms with Crippen molar-refractivity contribution in [3.05, 3.63) is 54.6 Å². The third-order valence-electron chi connectivity index (χ3n) is 4.02. The van der Waals surface area contributed by atoms with Crippen LogP contribution in [0.1, 0.15) is 6.92 Å². The Balaban J connectivity index is 2.01. The van der Waals surface area contributed by atoms with Crippen molar-refractivity contribution in [1.82, 2.24) is 0 Å². The number of aromatic hydroxyl groups is 1. The molecule has 0 unspecified atom stereocenters. The van der Waals surface area contributed by atoms with Crippen molar-refractivity contribution >= 4 is 44.2 Å². The minimum atomic E-state index is -3.92. The van der Waals surface area contributed by atoms with Crippen molar-refractivity contribution in [3.8, 4) is 11.5 Å². The molecular formula is C20H18NO6S2-. The number of aliphatic carboxylic acids is 1. The first-order chi connectivity index (χ1) is 13.8. The topological polar surface area (TPSA) is 116 Å². The first-order valence-corrected chi connectivity index (χ1v) is 11.1. The molecule has 29 heavy (non-hydrogen) atoms. The van der Waals surface area contributed by atoms with Gasteiger partial charge in [0.25, 0.3) is 10.0 Å². The predicted molar refractivity (Wildman–Crippen MR) is 110 cm³/mol. The number of hydrogen-bond acceptors (Lipinski definition) is 7. The van der Waals surface area contributed by atoms with Crippen LogP contribution in [-0.2, 0) is 14.8 Å². The van der Waals surface area contributed by atoms with Gasteiger partial charge in [-0.2, -0.15) is 0 Å². The van der Waals surface area contributed by atoms with Crippen LogP contribution in [0.3, 0.4) is 0 Å². The Morgan fingerprint density at radius 1 is 1.14 bits per heavy atom. The van der Waals surface area contributed by atoms with Crippen LogP contribution in [0.2, 0.25) is 0 Å². The number of fused-ring (bicyclic) bond motifs is 1. The minimum Gasteiger partial charge on any atom is -0.549 e. The molecule has 3 aromatic carbocycles. The van der Waals surface area contributed by atoms with Gasteiger partial charge in [0.1, 0.15) is 11.5 Å². The summed E-state index contributed by atoms with van der Waals surface area (Å²) in [5.41, 5.74) is 0.230. The van der Waals surface area contributed by atoms with Gasteiger partial charge in [0.05, 0.1) is 28.1 Å². The Morgan fingerprint density at radius 3 is 2.41 bits per heavy atom. The molecule has 0 aromatic heterocycles. The highest BCUT2D eigenvalue weighted by Crippen LogP contribution is 2.40. The molecule has 0 spiro atoms. The summed E-state index contributed by atoms with van der Waals surface area (Å²) in [5, 5.41) is 22.1. The second kappa shape index (κ2) is 8.62. The molecule has 0 amide bonds. The zero-order valence-electron chi connectivity index (χ0n) is 15.4. The van der Waals surface area contributed by atoms with Crippen molar-refractivity contribution in [2.45, 2.75) is 16.7 Å². The monoisotopic (exact) mass is 432 g/mol. The molecule has 9 heteroatoms. The van der Waals surface area contributed by atoms with E-state index in [1.165, 1.54) is 18.2 Å². The van der Waals surface area contributed by atoms with Crippen molar-refractivity contribution in [3.63, 3.8) is 0 Å². The van der Waals surface area contributed by atoms with E-state index in [1.54, 1.807) is 36.4 Å². The summed E-state index contributed by atoms with van der Waals surface area (Å²) < 4.78 is 33.6. The summed E-state index contributed by atoms with van der Waals surface area (Å²) >= 11 is 0.850. The zero-order valence-corrected chi connectivity index (χ0v) is 17.0. The molecule has 152 valence electrons. The molecule has 0 aliphatic heterocycles. The molecule has 0 saturated heterocycles.